The van der Waals surface area contributed by atoms with Crippen molar-refractivity contribution in [2.75, 3.05) is 26.7 Å². The fourth-order valence-corrected chi connectivity index (χ4v) is 3.02. The second-order valence-corrected chi connectivity index (χ2v) is 7.07. The Kier molecular flexibility index (Phi) is 5.83. The molecule has 132 valence electrons. The van der Waals surface area contributed by atoms with Gasteiger partial charge in [0.15, 0.2) is 0 Å². The first-order valence-electron chi connectivity index (χ1n) is 8.42. The molecular weight excluding hydrogens is 304 g/mol. The summed E-state index contributed by atoms with van der Waals surface area (Å²) in [6.45, 7) is 7.69. The number of carbonyl (C=O) groups excluding carboxylic acids is 2. The van der Waals surface area contributed by atoms with Crippen molar-refractivity contribution in [3.8, 4) is 0 Å². The number of nitrogens with zero attached hydrogens (tertiary/aromatic N) is 2. The quantitative estimate of drug-likeness (QED) is 0.834. The summed E-state index contributed by atoms with van der Waals surface area (Å²) >= 11 is 0. The van der Waals surface area contributed by atoms with E-state index in [2.05, 4.69) is 24.1 Å². The summed E-state index contributed by atoms with van der Waals surface area (Å²) in [7, 11) is 1.86. The molecule has 0 saturated carbocycles. The standard InChI is InChI=1S/C18H28N4O2/c1-18(2,13-22-10-4-5-11-22)21(3)16(23)15-8-6-14(7-9-15)12-20-17(19)24/h6-9H,4-5,10-13H2,1-3H3,(H3,19,20,24). The van der Waals surface area contributed by atoms with Crippen molar-refractivity contribution < 1.29 is 9.59 Å². The van der Waals surface area contributed by atoms with Gasteiger partial charge in [0.2, 0.25) is 0 Å². The van der Waals surface area contributed by atoms with E-state index >= 15 is 0 Å². The highest BCUT2D eigenvalue weighted by Gasteiger charge is 2.31. The molecule has 0 atom stereocenters. The Morgan fingerprint density at radius 1 is 1.21 bits per heavy atom. The van der Waals surface area contributed by atoms with E-state index in [0.29, 0.717) is 12.1 Å². The van der Waals surface area contributed by atoms with Crippen LogP contribution in [0.3, 0.4) is 0 Å². The molecule has 1 aliphatic rings. The molecule has 0 unspecified atom stereocenters. The lowest BCUT2D eigenvalue weighted by molar-refractivity contribution is 0.0555. The van der Waals surface area contributed by atoms with Gasteiger partial charge in [-0.3, -0.25) is 4.79 Å². The lowest BCUT2D eigenvalue weighted by Gasteiger charge is -2.38. The van der Waals surface area contributed by atoms with Gasteiger partial charge in [0.05, 0.1) is 0 Å². The van der Waals surface area contributed by atoms with Crippen LogP contribution in [0.4, 0.5) is 4.79 Å². The van der Waals surface area contributed by atoms with Crippen LogP contribution in [0.1, 0.15) is 42.6 Å². The van der Waals surface area contributed by atoms with Gasteiger partial charge >= 0.3 is 6.03 Å². The van der Waals surface area contributed by atoms with Crippen LogP contribution < -0.4 is 11.1 Å². The molecule has 2 rings (SSSR count). The Bertz CT molecular complexity index is 577. The van der Waals surface area contributed by atoms with Crippen molar-refractivity contribution >= 4 is 11.9 Å². The first kappa shape index (κ1) is 18.3. The average Bonchev–Trinajstić information content (AvgIpc) is 3.04. The molecule has 3 amide bonds. The number of nitrogens with two attached hydrogens (primary N) is 1. The summed E-state index contributed by atoms with van der Waals surface area (Å²) in [4.78, 5) is 27.7. The number of primary amides is 1. The fraction of sp³-hybridized carbons (Fsp3) is 0.556. The van der Waals surface area contributed by atoms with Crippen LogP contribution in [-0.2, 0) is 6.54 Å². The van der Waals surface area contributed by atoms with E-state index in [0.717, 1.165) is 25.2 Å². The van der Waals surface area contributed by atoms with Crippen LogP contribution in [0.2, 0.25) is 0 Å². The minimum absolute atomic E-state index is 0.00797. The van der Waals surface area contributed by atoms with Crippen molar-refractivity contribution in [3.05, 3.63) is 35.4 Å². The van der Waals surface area contributed by atoms with E-state index in [1.165, 1.54) is 12.8 Å². The number of likely N-dealkylation sites (N-methyl/N-ethyl adjacent to an activating group) is 1. The summed E-state index contributed by atoms with van der Waals surface area (Å²) in [5, 5.41) is 2.54. The van der Waals surface area contributed by atoms with Crippen LogP contribution >= 0.6 is 0 Å². The number of hydrogen-bond donors (Lipinski definition) is 2. The first-order chi connectivity index (χ1) is 11.3. The van der Waals surface area contributed by atoms with Crippen LogP contribution in [0, 0.1) is 0 Å². The van der Waals surface area contributed by atoms with E-state index in [1.54, 1.807) is 12.1 Å². The molecule has 1 saturated heterocycles. The Balaban J connectivity index is 1.99. The summed E-state index contributed by atoms with van der Waals surface area (Å²) < 4.78 is 0. The maximum atomic E-state index is 12.8. The van der Waals surface area contributed by atoms with E-state index < -0.39 is 6.03 Å². The topological polar surface area (TPSA) is 78.7 Å². The second kappa shape index (κ2) is 7.66. The molecule has 1 aromatic rings. The molecule has 0 aromatic heterocycles. The molecule has 1 heterocycles. The van der Waals surface area contributed by atoms with Crippen LogP contribution in [0.15, 0.2) is 24.3 Å². The summed E-state index contributed by atoms with van der Waals surface area (Å²) in [6, 6.07) is 6.71. The van der Waals surface area contributed by atoms with Gasteiger partial charge in [0.25, 0.3) is 5.91 Å². The Labute approximate surface area is 144 Å². The van der Waals surface area contributed by atoms with Gasteiger partial charge in [-0.1, -0.05) is 12.1 Å². The smallest absolute Gasteiger partial charge is 0.312 e. The molecule has 6 heteroatoms. The maximum Gasteiger partial charge on any atom is 0.312 e. The van der Waals surface area contributed by atoms with E-state index in [9.17, 15) is 9.59 Å². The van der Waals surface area contributed by atoms with Crippen LogP contribution in [-0.4, -0.2) is 54.0 Å². The molecule has 1 fully saturated rings. The number of likely N-dealkylation sites (tertiary alicyclic amines) is 1. The number of benzene rings is 1. The lowest BCUT2D eigenvalue weighted by Crippen LogP contribution is -2.51. The number of carbonyl (C=O) groups is 2. The zero-order chi connectivity index (χ0) is 17.7. The van der Waals surface area contributed by atoms with Crippen molar-refractivity contribution in [2.45, 2.75) is 38.8 Å². The second-order valence-electron chi connectivity index (χ2n) is 7.07. The van der Waals surface area contributed by atoms with Gasteiger partial charge < -0.3 is 20.9 Å². The van der Waals surface area contributed by atoms with E-state index in [4.69, 9.17) is 5.73 Å². The summed E-state index contributed by atoms with van der Waals surface area (Å²) in [5.74, 6) is 0.00797. The number of hydrogen-bond acceptors (Lipinski definition) is 3. The largest absolute Gasteiger partial charge is 0.352 e. The molecule has 24 heavy (non-hydrogen) atoms. The van der Waals surface area contributed by atoms with Crippen molar-refractivity contribution in [3.63, 3.8) is 0 Å². The highest BCUT2D eigenvalue weighted by atomic mass is 16.2. The zero-order valence-corrected chi connectivity index (χ0v) is 14.8. The van der Waals surface area contributed by atoms with Gasteiger partial charge in [0.1, 0.15) is 0 Å². The van der Waals surface area contributed by atoms with Crippen molar-refractivity contribution in [2.24, 2.45) is 5.73 Å². The highest BCUT2D eigenvalue weighted by Crippen LogP contribution is 2.20. The Morgan fingerprint density at radius 2 is 1.79 bits per heavy atom. The molecule has 0 radical (unpaired) electrons. The number of urea groups is 1. The molecule has 1 aliphatic heterocycles. The number of amides is 3. The fourth-order valence-electron chi connectivity index (χ4n) is 3.02. The van der Waals surface area contributed by atoms with E-state index in [1.807, 2.05) is 24.1 Å². The molecule has 0 aliphatic carbocycles. The van der Waals surface area contributed by atoms with Crippen molar-refractivity contribution in [1.29, 1.82) is 0 Å². The number of rotatable bonds is 6. The van der Waals surface area contributed by atoms with Gasteiger partial charge in [-0.25, -0.2) is 4.79 Å². The molecule has 1 aromatic carbocycles. The normalized spacial score (nSPS) is 15.3. The SMILES string of the molecule is CN(C(=O)c1ccc(CNC(N)=O)cc1)C(C)(C)CN1CCCC1. The Hall–Kier alpha value is -2.08. The first-order valence-corrected chi connectivity index (χ1v) is 8.42. The lowest BCUT2D eigenvalue weighted by atomic mass is 10.0. The van der Waals surface area contributed by atoms with Gasteiger partial charge in [-0.2, -0.15) is 0 Å². The minimum atomic E-state index is -0.557. The predicted octanol–water partition coefficient (Wildman–Crippen LogP) is 1.80. The minimum Gasteiger partial charge on any atom is -0.352 e. The molecule has 3 N–H and O–H groups in total. The zero-order valence-electron chi connectivity index (χ0n) is 14.8. The predicted molar refractivity (Wildman–Crippen MR) is 94.7 cm³/mol. The van der Waals surface area contributed by atoms with Gasteiger partial charge in [-0.05, 0) is 57.5 Å². The average molecular weight is 332 g/mol. The van der Waals surface area contributed by atoms with Crippen molar-refractivity contribution in [1.82, 2.24) is 15.1 Å². The maximum absolute atomic E-state index is 12.8. The van der Waals surface area contributed by atoms with Gasteiger partial charge in [0, 0.05) is 31.2 Å². The molecule has 0 spiro atoms. The van der Waals surface area contributed by atoms with E-state index in [-0.39, 0.29) is 11.4 Å². The van der Waals surface area contributed by atoms with Gasteiger partial charge in [-0.15, -0.1) is 0 Å². The third-order valence-corrected chi connectivity index (χ3v) is 4.69. The molecule has 0 bridgehead atoms. The third kappa shape index (κ3) is 4.71. The van der Waals surface area contributed by atoms with Crippen LogP contribution in [0.5, 0.6) is 0 Å². The summed E-state index contributed by atoms with van der Waals surface area (Å²) in [5.41, 5.74) is 6.38. The summed E-state index contributed by atoms with van der Waals surface area (Å²) in [6.07, 6.45) is 2.49. The monoisotopic (exact) mass is 332 g/mol. The Morgan fingerprint density at radius 3 is 2.33 bits per heavy atom. The number of nitrogens with one attached hydrogen (secondary N) is 1. The van der Waals surface area contributed by atoms with Crippen LogP contribution in [0.25, 0.3) is 0 Å². The third-order valence-electron chi connectivity index (χ3n) is 4.69. The molecular formula is C18H28N4O2. The molecule has 6 nitrogen and oxygen atoms in total. The highest BCUT2D eigenvalue weighted by molar-refractivity contribution is 5.94.